The van der Waals surface area contributed by atoms with E-state index in [1.54, 1.807) is 24.3 Å². The largest absolute Gasteiger partial charge is 0.324 e. The number of hydrogen-bond donors (Lipinski definition) is 1. The van der Waals surface area contributed by atoms with Crippen LogP contribution in [0.1, 0.15) is 18.1 Å². The van der Waals surface area contributed by atoms with Gasteiger partial charge in [-0.15, -0.1) is 0 Å². The van der Waals surface area contributed by atoms with Crippen LogP contribution in [0.2, 0.25) is 10.0 Å². The van der Waals surface area contributed by atoms with Crippen LogP contribution in [-0.4, -0.2) is 26.6 Å². The molecule has 0 aliphatic rings. The molecule has 0 fully saturated rings. The van der Waals surface area contributed by atoms with E-state index in [1.807, 2.05) is 19.9 Å². The van der Waals surface area contributed by atoms with Gasteiger partial charge in [-0.3, -0.25) is 9.10 Å². The summed E-state index contributed by atoms with van der Waals surface area (Å²) < 4.78 is 25.8. The van der Waals surface area contributed by atoms with Crippen LogP contribution in [0.4, 0.5) is 11.4 Å². The number of sulfonamides is 1. The Morgan fingerprint density at radius 2 is 1.62 bits per heavy atom. The van der Waals surface area contributed by atoms with Gasteiger partial charge in [0.25, 0.3) is 0 Å². The molecule has 0 aliphatic carbocycles. The van der Waals surface area contributed by atoms with Crippen LogP contribution >= 0.6 is 23.2 Å². The van der Waals surface area contributed by atoms with E-state index in [1.165, 1.54) is 13.0 Å². The van der Waals surface area contributed by atoms with Crippen LogP contribution in [0.25, 0.3) is 0 Å². The van der Waals surface area contributed by atoms with Gasteiger partial charge in [0, 0.05) is 5.69 Å². The third-order valence-corrected chi connectivity index (χ3v) is 5.72. The Hall–Kier alpha value is -1.76. The van der Waals surface area contributed by atoms with Crippen molar-refractivity contribution in [1.82, 2.24) is 0 Å². The summed E-state index contributed by atoms with van der Waals surface area (Å²) in [5.41, 5.74) is 2.70. The van der Waals surface area contributed by atoms with E-state index in [0.29, 0.717) is 21.4 Å². The summed E-state index contributed by atoms with van der Waals surface area (Å²) in [6, 6.07) is 9.11. The summed E-state index contributed by atoms with van der Waals surface area (Å²) in [5.74, 6) is -0.479. The molecular formula is C18H20Cl2N2O3S. The topological polar surface area (TPSA) is 66.5 Å². The quantitative estimate of drug-likeness (QED) is 0.787. The van der Waals surface area contributed by atoms with Crippen molar-refractivity contribution < 1.29 is 13.2 Å². The highest BCUT2D eigenvalue weighted by molar-refractivity contribution is 7.92. The molecule has 2 rings (SSSR count). The average Bonchev–Trinajstić information content (AvgIpc) is 2.48. The number of rotatable bonds is 5. The Morgan fingerprint density at radius 1 is 1.04 bits per heavy atom. The first-order chi connectivity index (χ1) is 12.0. The fourth-order valence-electron chi connectivity index (χ4n) is 2.71. The van der Waals surface area contributed by atoms with Crippen molar-refractivity contribution in [3.63, 3.8) is 0 Å². The zero-order valence-corrected chi connectivity index (χ0v) is 17.2. The maximum Gasteiger partial charge on any atom is 0.247 e. The van der Waals surface area contributed by atoms with Crippen LogP contribution in [-0.2, 0) is 14.8 Å². The molecule has 0 aliphatic heterocycles. The third-order valence-electron chi connectivity index (χ3n) is 3.74. The molecule has 0 saturated carbocycles. The Balaban J connectivity index is 2.35. The van der Waals surface area contributed by atoms with Gasteiger partial charge >= 0.3 is 0 Å². The van der Waals surface area contributed by atoms with Gasteiger partial charge in [-0.05, 0) is 62.2 Å². The monoisotopic (exact) mass is 414 g/mol. The Labute approximate surface area is 164 Å². The molecule has 1 atom stereocenters. The predicted octanol–water partition coefficient (Wildman–Crippen LogP) is 4.40. The molecule has 5 nitrogen and oxygen atoms in total. The highest BCUT2D eigenvalue weighted by atomic mass is 35.5. The Kier molecular flexibility index (Phi) is 6.21. The molecule has 0 unspecified atom stereocenters. The molecule has 26 heavy (non-hydrogen) atoms. The van der Waals surface area contributed by atoms with Crippen molar-refractivity contribution in [3.8, 4) is 0 Å². The number of benzene rings is 2. The van der Waals surface area contributed by atoms with Crippen LogP contribution < -0.4 is 9.62 Å². The molecular weight excluding hydrogens is 395 g/mol. The summed E-state index contributed by atoms with van der Waals surface area (Å²) in [5, 5.41) is 3.34. The van der Waals surface area contributed by atoms with Crippen molar-refractivity contribution in [2.24, 2.45) is 0 Å². The van der Waals surface area contributed by atoms with E-state index in [9.17, 15) is 13.2 Å². The van der Waals surface area contributed by atoms with E-state index >= 15 is 0 Å². The lowest BCUT2D eigenvalue weighted by Gasteiger charge is -2.28. The van der Waals surface area contributed by atoms with Gasteiger partial charge in [0.2, 0.25) is 15.9 Å². The molecule has 1 amide bonds. The normalized spacial score (nSPS) is 12.5. The van der Waals surface area contributed by atoms with Crippen LogP contribution in [0.3, 0.4) is 0 Å². The number of anilines is 2. The number of carbonyl (C=O) groups excluding carboxylic acids is 1. The molecule has 8 heteroatoms. The van der Waals surface area contributed by atoms with E-state index in [4.69, 9.17) is 23.2 Å². The molecule has 0 bridgehead atoms. The van der Waals surface area contributed by atoms with Gasteiger partial charge in [-0.25, -0.2) is 8.42 Å². The molecule has 0 radical (unpaired) electrons. The highest BCUT2D eigenvalue weighted by Crippen LogP contribution is 2.27. The number of carbonyl (C=O) groups is 1. The van der Waals surface area contributed by atoms with Crippen LogP contribution in [0, 0.1) is 13.8 Å². The second kappa shape index (κ2) is 7.86. The number of halogens is 2. The summed E-state index contributed by atoms with van der Waals surface area (Å²) in [6.07, 6.45) is 1.08. The minimum Gasteiger partial charge on any atom is -0.324 e. The van der Waals surface area contributed by atoms with Crippen LogP contribution in [0.15, 0.2) is 36.4 Å². The van der Waals surface area contributed by atoms with E-state index < -0.39 is 22.0 Å². The lowest BCUT2D eigenvalue weighted by Crippen LogP contribution is -2.45. The van der Waals surface area contributed by atoms with Crippen molar-refractivity contribution in [2.75, 3.05) is 15.9 Å². The second-order valence-electron chi connectivity index (χ2n) is 6.20. The van der Waals surface area contributed by atoms with E-state index in [0.717, 1.165) is 21.7 Å². The number of hydrogen-bond acceptors (Lipinski definition) is 3. The number of aryl methyl sites for hydroxylation is 2. The van der Waals surface area contributed by atoms with E-state index in [-0.39, 0.29) is 0 Å². The molecule has 140 valence electrons. The molecule has 0 spiro atoms. The molecule has 1 N–H and O–H groups in total. The minimum atomic E-state index is -3.68. The van der Waals surface area contributed by atoms with Crippen molar-refractivity contribution in [3.05, 3.63) is 57.6 Å². The first-order valence-electron chi connectivity index (χ1n) is 7.82. The zero-order valence-electron chi connectivity index (χ0n) is 14.9. The van der Waals surface area contributed by atoms with Crippen molar-refractivity contribution in [1.29, 1.82) is 0 Å². The van der Waals surface area contributed by atoms with Crippen LogP contribution in [0.5, 0.6) is 0 Å². The fourth-order valence-corrected chi connectivity index (χ4v) is 4.16. The fraction of sp³-hybridized carbons (Fsp3) is 0.278. The molecule has 2 aromatic carbocycles. The maximum absolute atomic E-state index is 12.6. The van der Waals surface area contributed by atoms with Gasteiger partial charge in [-0.1, -0.05) is 29.3 Å². The second-order valence-corrected chi connectivity index (χ2v) is 8.87. The predicted molar refractivity (Wildman–Crippen MR) is 108 cm³/mol. The van der Waals surface area contributed by atoms with Gasteiger partial charge in [0.05, 0.1) is 22.0 Å². The van der Waals surface area contributed by atoms with Gasteiger partial charge in [0.1, 0.15) is 6.04 Å². The molecule has 0 heterocycles. The highest BCUT2D eigenvalue weighted by Gasteiger charge is 2.29. The zero-order chi connectivity index (χ0) is 19.6. The lowest BCUT2D eigenvalue weighted by molar-refractivity contribution is -0.116. The summed E-state index contributed by atoms with van der Waals surface area (Å²) in [4.78, 5) is 12.6. The maximum atomic E-state index is 12.6. The Bertz CT molecular complexity index is 925. The Morgan fingerprint density at radius 3 is 2.12 bits per heavy atom. The summed E-state index contributed by atoms with van der Waals surface area (Å²) >= 11 is 11.8. The standard InChI is InChI=1S/C18H20Cl2N2O3S/c1-11-7-12(2)9-15(8-11)22(26(4,24)25)13(3)18(23)21-14-5-6-16(19)17(20)10-14/h5-10,13H,1-4H3,(H,21,23)/t13-/m0/s1. The first-order valence-corrected chi connectivity index (χ1v) is 10.4. The van der Waals surface area contributed by atoms with Crippen molar-refractivity contribution >= 4 is 50.5 Å². The number of nitrogens with zero attached hydrogens (tertiary/aromatic N) is 1. The summed E-state index contributed by atoms with van der Waals surface area (Å²) in [7, 11) is -3.68. The van der Waals surface area contributed by atoms with Gasteiger partial charge < -0.3 is 5.32 Å². The molecule has 0 aromatic heterocycles. The first kappa shape index (κ1) is 20.6. The number of nitrogens with one attached hydrogen (secondary N) is 1. The van der Waals surface area contributed by atoms with Gasteiger partial charge in [0.15, 0.2) is 0 Å². The third kappa shape index (κ3) is 4.90. The smallest absolute Gasteiger partial charge is 0.247 e. The molecule has 0 saturated heterocycles. The van der Waals surface area contributed by atoms with Gasteiger partial charge in [-0.2, -0.15) is 0 Å². The minimum absolute atomic E-state index is 0.298. The molecule has 2 aromatic rings. The SMILES string of the molecule is Cc1cc(C)cc(N([C@@H](C)C(=O)Nc2ccc(Cl)c(Cl)c2)S(C)(=O)=O)c1. The average molecular weight is 415 g/mol. The van der Waals surface area contributed by atoms with Crippen molar-refractivity contribution in [2.45, 2.75) is 26.8 Å². The number of amides is 1. The lowest BCUT2D eigenvalue weighted by atomic mass is 10.1. The van der Waals surface area contributed by atoms with E-state index in [2.05, 4.69) is 5.32 Å². The summed E-state index contributed by atoms with van der Waals surface area (Å²) in [6.45, 7) is 5.28.